The third kappa shape index (κ3) is 10.6. The zero-order valence-corrected chi connectivity index (χ0v) is 20.0. The number of aromatic nitrogens is 3. The van der Waals surface area contributed by atoms with E-state index < -0.39 is 0 Å². The smallest absolute Gasteiger partial charge is 0.191 e. The number of hydrogen-bond acceptors (Lipinski definition) is 5. The summed E-state index contributed by atoms with van der Waals surface area (Å²) in [5, 5.41) is 10.9. The molecule has 2 rings (SSSR count). The highest BCUT2D eigenvalue weighted by atomic mass is 127. The topological polar surface area (TPSA) is 79.6 Å². The highest BCUT2D eigenvalue weighted by Gasteiger charge is 2.02. The predicted octanol–water partition coefficient (Wildman–Crippen LogP) is 1.97. The van der Waals surface area contributed by atoms with E-state index in [-0.39, 0.29) is 24.0 Å². The summed E-state index contributed by atoms with van der Waals surface area (Å²) < 4.78 is 6.92. The van der Waals surface area contributed by atoms with Gasteiger partial charge in [-0.3, -0.25) is 0 Å². The number of nitrogens with one attached hydrogen (secondary N) is 2. The second-order valence-corrected chi connectivity index (χ2v) is 6.68. The number of methoxy groups -OCH3 is 1. The minimum Gasteiger partial charge on any atom is -0.385 e. The first-order valence-electron chi connectivity index (χ1n) is 9.81. The highest BCUT2D eigenvalue weighted by Crippen LogP contribution is 2.08. The lowest BCUT2D eigenvalue weighted by Gasteiger charge is -2.18. The summed E-state index contributed by atoms with van der Waals surface area (Å²) in [5.74, 6) is 0.842. The molecule has 0 unspecified atom stereocenters. The molecular weight excluding hydrogens is 481 g/mol. The molecule has 0 saturated heterocycles. The Morgan fingerprint density at radius 3 is 2.79 bits per heavy atom. The lowest BCUT2D eigenvalue weighted by atomic mass is 10.1. The van der Waals surface area contributed by atoms with Gasteiger partial charge in [0.1, 0.15) is 12.7 Å². The Hall–Kier alpha value is -1.72. The molecule has 1 aromatic heterocycles. The van der Waals surface area contributed by atoms with Crippen LogP contribution in [0.2, 0.25) is 0 Å². The van der Waals surface area contributed by atoms with Crippen LogP contribution in [0.4, 0.5) is 0 Å². The second-order valence-electron chi connectivity index (χ2n) is 6.68. The van der Waals surface area contributed by atoms with E-state index in [0.29, 0.717) is 13.1 Å². The van der Waals surface area contributed by atoms with Crippen molar-refractivity contribution >= 4 is 29.9 Å². The molecular formula is C20H34IN7O. The fourth-order valence-corrected chi connectivity index (χ4v) is 2.80. The molecule has 29 heavy (non-hydrogen) atoms. The van der Waals surface area contributed by atoms with Crippen molar-refractivity contribution in [1.29, 1.82) is 0 Å². The van der Waals surface area contributed by atoms with Crippen molar-refractivity contribution in [3.63, 3.8) is 0 Å². The summed E-state index contributed by atoms with van der Waals surface area (Å²) in [4.78, 5) is 11.0. The normalized spacial score (nSPS) is 11.4. The minimum atomic E-state index is 0. The first kappa shape index (κ1) is 25.3. The van der Waals surface area contributed by atoms with E-state index in [1.165, 1.54) is 11.1 Å². The van der Waals surface area contributed by atoms with E-state index >= 15 is 0 Å². The number of halogens is 1. The van der Waals surface area contributed by atoms with Crippen LogP contribution < -0.4 is 10.6 Å². The van der Waals surface area contributed by atoms with E-state index in [2.05, 4.69) is 63.9 Å². The van der Waals surface area contributed by atoms with Gasteiger partial charge in [0.05, 0.1) is 13.1 Å². The van der Waals surface area contributed by atoms with Gasteiger partial charge in [0.2, 0.25) is 0 Å². The largest absolute Gasteiger partial charge is 0.385 e. The van der Waals surface area contributed by atoms with E-state index in [1.54, 1.807) is 19.8 Å². The Morgan fingerprint density at radius 1 is 1.24 bits per heavy atom. The maximum absolute atomic E-state index is 5.10. The Bertz CT molecular complexity index is 694. The van der Waals surface area contributed by atoms with Crippen LogP contribution in [0.3, 0.4) is 0 Å². The average Bonchev–Trinajstić information content (AvgIpc) is 3.19. The number of guanidine groups is 1. The van der Waals surface area contributed by atoms with Crippen LogP contribution in [0, 0.1) is 0 Å². The van der Waals surface area contributed by atoms with Crippen molar-refractivity contribution in [3.8, 4) is 0 Å². The summed E-state index contributed by atoms with van der Waals surface area (Å²) >= 11 is 0. The van der Waals surface area contributed by atoms with Crippen LogP contribution in [0.5, 0.6) is 0 Å². The zero-order chi connectivity index (χ0) is 20.0. The maximum atomic E-state index is 5.10. The zero-order valence-electron chi connectivity index (χ0n) is 17.7. The molecule has 162 valence electrons. The molecule has 9 heteroatoms. The van der Waals surface area contributed by atoms with Gasteiger partial charge in [-0.2, -0.15) is 5.10 Å². The summed E-state index contributed by atoms with van der Waals surface area (Å²) in [6.45, 7) is 7.90. The van der Waals surface area contributed by atoms with E-state index in [1.807, 2.05) is 4.68 Å². The van der Waals surface area contributed by atoms with E-state index in [9.17, 15) is 0 Å². The van der Waals surface area contributed by atoms with Gasteiger partial charge in [-0.05, 0) is 31.5 Å². The Labute approximate surface area is 191 Å². The maximum Gasteiger partial charge on any atom is 0.191 e. The number of rotatable bonds is 12. The molecule has 8 nitrogen and oxygen atoms in total. The Morgan fingerprint density at radius 2 is 2.07 bits per heavy atom. The molecule has 0 bridgehead atoms. The van der Waals surface area contributed by atoms with Crippen molar-refractivity contribution in [3.05, 3.63) is 48.0 Å². The molecule has 0 saturated carbocycles. The quantitative estimate of drug-likeness (QED) is 0.195. The van der Waals surface area contributed by atoms with Crippen LogP contribution >= 0.6 is 24.0 Å². The van der Waals surface area contributed by atoms with Gasteiger partial charge in [-0.15, -0.1) is 24.0 Å². The first-order chi connectivity index (χ1) is 13.7. The Balaban J connectivity index is 0.00000420. The number of likely N-dealkylation sites (N-methyl/N-ethyl adjacent to an activating group) is 1. The second kappa shape index (κ2) is 15.2. The molecule has 2 N–H and O–H groups in total. The number of hydrogen-bond donors (Lipinski definition) is 2. The van der Waals surface area contributed by atoms with Crippen LogP contribution in [-0.4, -0.2) is 72.6 Å². The molecule has 0 aliphatic carbocycles. The third-order valence-electron chi connectivity index (χ3n) is 4.24. The molecule has 1 heterocycles. The van der Waals surface area contributed by atoms with Crippen LogP contribution in [0.15, 0.2) is 41.9 Å². The van der Waals surface area contributed by atoms with Crippen molar-refractivity contribution in [2.75, 3.05) is 46.9 Å². The molecule has 0 radical (unpaired) electrons. The summed E-state index contributed by atoms with van der Waals surface area (Å²) in [5.41, 5.74) is 2.36. The van der Waals surface area contributed by atoms with Gasteiger partial charge >= 0.3 is 0 Å². The fourth-order valence-electron chi connectivity index (χ4n) is 2.80. The van der Waals surface area contributed by atoms with Crippen LogP contribution in [0.1, 0.15) is 24.5 Å². The van der Waals surface area contributed by atoms with Crippen molar-refractivity contribution in [2.45, 2.75) is 26.4 Å². The van der Waals surface area contributed by atoms with Gasteiger partial charge in [0, 0.05) is 39.9 Å². The monoisotopic (exact) mass is 515 g/mol. The van der Waals surface area contributed by atoms with Gasteiger partial charge in [0.25, 0.3) is 0 Å². The molecule has 0 atom stereocenters. The van der Waals surface area contributed by atoms with E-state index in [4.69, 9.17) is 9.73 Å². The highest BCUT2D eigenvalue weighted by molar-refractivity contribution is 14.0. The van der Waals surface area contributed by atoms with Gasteiger partial charge in [-0.1, -0.05) is 24.3 Å². The molecule has 0 aliphatic rings. The molecule has 0 aliphatic heterocycles. The predicted molar refractivity (Wildman–Crippen MR) is 128 cm³/mol. The van der Waals surface area contributed by atoms with Gasteiger partial charge in [-0.25, -0.2) is 14.7 Å². The third-order valence-corrected chi connectivity index (χ3v) is 4.24. The summed E-state index contributed by atoms with van der Waals surface area (Å²) in [7, 11) is 3.87. The Kier molecular flexibility index (Phi) is 13.2. The van der Waals surface area contributed by atoms with Gasteiger partial charge in [0.15, 0.2) is 5.96 Å². The molecule has 0 spiro atoms. The lowest BCUT2D eigenvalue weighted by Crippen LogP contribution is -2.41. The van der Waals surface area contributed by atoms with Crippen LogP contribution in [-0.2, 0) is 17.8 Å². The fraction of sp³-hybridized carbons (Fsp3) is 0.550. The molecule has 0 amide bonds. The summed E-state index contributed by atoms with van der Waals surface area (Å²) in [6, 6.07) is 8.42. The average molecular weight is 515 g/mol. The standard InChI is InChI=1S/C20H33N7O.HI/c1-4-22-20(23-9-11-26(2)10-6-12-28-3)24-14-18-7-5-8-19(13-18)15-27-17-21-16-25-27;/h5,7-8,13,16-17H,4,6,9-12,14-15H2,1-3H3,(H2,22,23,24);1H. The lowest BCUT2D eigenvalue weighted by molar-refractivity contribution is 0.180. The number of nitrogens with zero attached hydrogens (tertiary/aromatic N) is 5. The molecule has 1 aromatic carbocycles. The SMILES string of the molecule is CCNC(=NCc1cccc(Cn2cncn2)c1)NCCN(C)CCCOC.I. The number of benzene rings is 1. The number of aliphatic imine (C=N–C) groups is 1. The van der Waals surface area contributed by atoms with Crippen LogP contribution in [0.25, 0.3) is 0 Å². The van der Waals surface area contributed by atoms with Crippen molar-refractivity contribution < 1.29 is 4.74 Å². The molecule has 0 fully saturated rings. The summed E-state index contributed by atoms with van der Waals surface area (Å²) in [6.07, 6.45) is 4.33. The molecule has 2 aromatic rings. The van der Waals surface area contributed by atoms with E-state index in [0.717, 1.165) is 45.2 Å². The van der Waals surface area contributed by atoms with Crippen molar-refractivity contribution in [2.24, 2.45) is 4.99 Å². The van der Waals surface area contributed by atoms with Crippen molar-refractivity contribution in [1.82, 2.24) is 30.3 Å². The first-order valence-corrected chi connectivity index (χ1v) is 9.81. The van der Waals surface area contributed by atoms with Gasteiger partial charge < -0.3 is 20.3 Å². The number of ether oxygens (including phenoxy) is 1. The minimum absolute atomic E-state index is 0.